The number of unbranched alkanes of at least 4 members (excludes halogenated alkanes) is 1. The molecule has 0 spiro atoms. The number of amides is 1. The number of para-hydroxylation sites is 1. The van der Waals surface area contributed by atoms with Gasteiger partial charge in [-0.25, -0.2) is 0 Å². The van der Waals surface area contributed by atoms with E-state index in [0.717, 1.165) is 29.2 Å². The first-order valence-corrected chi connectivity index (χ1v) is 9.36. The second kappa shape index (κ2) is 10.4. The normalized spacial score (nSPS) is 10.1. The summed E-state index contributed by atoms with van der Waals surface area (Å²) in [5.74, 6) is 1.32. The zero-order valence-corrected chi connectivity index (χ0v) is 15.1. The summed E-state index contributed by atoms with van der Waals surface area (Å²) >= 11 is 1.57. The highest BCUT2D eigenvalue weighted by Crippen LogP contribution is 2.28. The maximum atomic E-state index is 12.5. The fourth-order valence-electron chi connectivity index (χ4n) is 2.13. The smallest absolute Gasteiger partial charge is 0.255 e. The zero-order chi connectivity index (χ0) is 17.9. The van der Waals surface area contributed by atoms with E-state index in [4.69, 9.17) is 10.00 Å². The Balaban J connectivity index is 1.98. The predicted octanol–water partition coefficient (Wildman–Crippen LogP) is 5.12. The molecule has 0 saturated carbocycles. The molecule has 0 heterocycles. The van der Waals surface area contributed by atoms with Crippen LogP contribution in [-0.2, 0) is 0 Å². The van der Waals surface area contributed by atoms with Gasteiger partial charge in [-0.05, 0) is 42.8 Å². The van der Waals surface area contributed by atoms with Crippen molar-refractivity contribution in [3.63, 3.8) is 0 Å². The van der Waals surface area contributed by atoms with Crippen LogP contribution >= 0.6 is 11.8 Å². The summed E-state index contributed by atoms with van der Waals surface area (Å²) in [6.07, 6.45) is 2.58. The van der Waals surface area contributed by atoms with Crippen molar-refractivity contribution in [3.05, 3.63) is 54.1 Å². The molecule has 0 radical (unpaired) electrons. The van der Waals surface area contributed by atoms with Crippen molar-refractivity contribution in [3.8, 4) is 11.8 Å². The van der Waals surface area contributed by atoms with Gasteiger partial charge < -0.3 is 10.1 Å². The lowest BCUT2D eigenvalue weighted by molar-refractivity contribution is 0.102. The minimum absolute atomic E-state index is 0.159. The molecule has 0 aliphatic rings. The van der Waals surface area contributed by atoms with Crippen LogP contribution in [0.5, 0.6) is 5.75 Å². The van der Waals surface area contributed by atoms with Crippen LogP contribution in [0.25, 0.3) is 0 Å². The average Bonchev–Trinajstić information content (AvgIpc) is 2.64. The second-order valence-electron chi connectivity index (χ2n) is 5.43. The molecule has 4 nitrogen and oxygen atoms in total. The molecule has 130 valence electrons. The number of hydrogen-bond donors (Lipinski definition) is 1. The van der Waals surface area contributed by atoms with Gasteiger partial charge in [0.05, 0.1) is 18.4 Å². The Labute approximate surface area is 153 Å². The molecule has 0 fully saturated rings. The van der Waals surface area contributed by atoms with Gasteiger partial charge in [0, 0.05) is 22.6 Å². The second-order valence-corrected chi connectivity index (χ2v) is 6.57. The predicted molar refractivity (Wildman–Crippen MR) is 102 cm³/mol. The fourth-order valence-corrected chi connectivity index (χ4v) is 3.00. The number of ether oxygens (including phenoxy) is 1. The molecule has 0 bridgehead atoms. The molecule has 2 aromatic carbocycles. The number of benzene rings is 2. The van der Waals surface area contributed by atoms with E-state index in [1.165, 1.54) is 0 Å². The number of thioether (sulfide) groups is 1. The van der Waals surface area contributed by atoms with Crippen molar-refractivity contribution in [2.45, 2.75) is 31.1 Å². The SMILES string of the molecule is CCCCOc1ccc(C(=O)Nc2ccccc2SCCC#N)cc1. The van der Waals surface area contributed by atoms with Crippen LogP contribution in [0.2, 0.25) is 0 Å². The summed E-state index contributed by atoms with van der Waals surface area (Å²) in [5.41, 5.74) is 1.35. The Morgan fingerprint density at radius 1 is 1.20 bits per heavy atom. The molecular formula is C20H22N2O2S. The van der Waals surface area contributed by atoms with E-state index in [9.17, 15) is 4.79 Å². The average molecular weight is 354 g/mol. The van der Waals surface area contributed by atoms with Crippen LogP contribution in [0.15, 0.2) is 53.4 Å². The van der Waals surface area contributed by atoms with Crippen molar-refractivity contribution in [2.75, 3.05) is 17.7 Å². The molecule has 0 aliphatic carbocycles. The molecule has 5 heteroatoms. The summed E-state index contributed by atoms with van der Waals surface area (Å²) in [7, 11) is 0. The molecule has 2 aromatic rings. The third kappa shape index (κ3) is 6.17. The van der Waals surface area contributed by atoms with Gasteiger partial charge >= 0.3 is 0 Å². The molecule has 2 rings (SSSR count). The highest BCUT2D eigenvalue weighted by Gasteiger charge is 2.09. The van der Waals surface area contributed by atoms with Gasteiger partial charge in [-0.15, -0.1) is 11.8 Å². The third-order valence-electron chi connectivity index (χ3n) is 3.49. The van der Waals surface area contributed by atoms with Crippen LogP contribution in [-0.4, -0.2) is 18.3 Å². The number of hydrogen-bond acceptors (Lipinski definition) is 4. The Kier molecular flexibility index (Phi) is 7.87. The number of nitrogens with one attached hydrogen (secondary N) is 1. The Bertz CT molecular complexity index is 723. The highest BCUT2D eigenvalue weighted by molar-refractivity contribution is 7.99. The quantitative estimate of drug-likeness (QED) is 0.501. The zero-order valence-electron chi connectivity index (χ0n) is 14.3. The van der Waals surface area contributed by atoms with E-state index < -0.39 is 0 Å². The summed E-state index contributed by atoms with van der Waals surface area (Å²) in [6, 6.07) is 16.9. The lowest BCUT2D eigenvalue weighted by Gasteiger charge is -2.11. The molecule has 1 N–H and O–H groups in total. The maximum Gasteiger partial charge on any atom is 0.255 e. The molecule has 0 aliphatic heterocycles. The van der Waals surface area contributed by atoms with Crippen LogP contribution < -0.4 is 10.1 Å². The van der Waals surface area contributed by atoms with Gasteiger partial charge in [0.15, 0.2) is 0 Å². The van der Waals surface area contributed by atoms with Gasteiger partial charge in [-0.1, -0.05) is 25.5 Å². The summed E-state index contributed by atoms with van der Waals surface area (Å²) in [5, 5.41) is 11.6. The monoisotopic (exact) mass is 354 g/mol. The van der Waals surface area contributed by atoms with Crippen LogP contribution in [0.1, 0.15) is 36.5 Å². The minimum atomic E-state index is -0.159. The molecular weight excluding hydrogens is 332 g/mol. The van der Waals surface area contributed by atoms with Gasteiger partial charge in [0.25, 0.3) is 5.91 Å². The molecule has 0 aromatic heterocycles. The summed E-state index contributed by atoms with van der Waals surface area (Å²) in [4.78, 5) is 13.4. The third-order valence-corrected chi connectivity index (χ3v) is 4.57. The molecule has 0 saturated heterocycles. The Morgan fingerprint density at radius 2 is 1.96 bits per heavy atom. The van der Waals surface area contributed by atoms with E-state index in [0.29, 0.717) is 24.3 Å². The first-order valence-electron chi connectivity index (χ1n) is 8.37. The summed E-state index contributed by atoms with van der Waals surface area (Å²) < 4.78 is 5.61. The standard InChI is InChI=1S/C20H22N2O2S/c1-2-3-14-24-17-11-9-16(10-12-17)20(23)22-18-7-4-5-8-19(18)25-15-6-13-21/h4-5,7-12H,2-3,6,14-15H2,1H3,(H,22,23). The van der Waals surface area contributed by atoms with Gasteiger partial charge in [-0.2, -0.15) is 5.26 Å². The number of carbonyl (C=O) groups excluding carboxylic acids is 1. The lowest BCUT2D eigenvalue weighted by Crippen LogP contribution is -2.12. The molecule has 25 heavy (non-hydrogen) atoms. The number of nitrogens with zero attached hydrogens (tertiary/aromatic N) is 1. The Morgan fingerprint density at radius 3 is 2.68 bits per heavy atom. The molecule has 0 unspecified atom stereocenters. The van der Waals surface area contributed by atoms with Crippen LogP contribution in [0.3, 0.4) is 0 Å². The first-order chi connectivity index (χ1) is 12.2. The minimum Gasteiger partial charge on any atom is -0.494 e. The van der Waals surface area contributed by atoms with Gasteiger partial charge in [0.2, 0.25) is 0 Å². The fraction of sp³-hybridized carbons (Fsp3) is 0.300. The van der Waals surface area contributed by atoms with E-state index in [1.54, 1.807) is 23.9 Å². The van der Waals surface area contributed by atoms with Gasteiger partial charge in [0.1, 0.15) is 5.75 Å². The van der Waals surface area contributed by atoms with E-state index >= 15 is 0 Å². The largest absolute Gasteiger partial charge is 0.494 e. The maximum absolute atomic E-state index is 12.5. The van der Waals surface area contributed by atoms with E-state index in [1.807, 2.05) is 36.4 Å². The first kappa shape index (κ1) is 18.9. The van der Waals surface area contributed by atoms with Crippen LogP contribution in [0.4, 0.5) is 5.69 Å². The summed E-state index contributed by atoms with van der Waals surface area (Å²) in [6.45, 7) is 2.81. The van der Waals surface area contributed by atoms with Crippen molar-refractivity contribution < 1.29 is 9.53 Å². The number of rotatable bonds is 9. The van der Waals surface area contributed by atoms with E-state index in [2.05, 4.69) is 18.3 Å². The number of nitriles is 1. The number of carbonyl (C=O) groups is 1. The highest BCUT2D eigenvalue weighted by atomic mass is 32.2. The van der Waals surface area contributed by atoms with Crippen molar-refractivity contribution >= 4 is 23.4 Å². The van der Waals surface area contributed by atoms with Gasteiger partial charge in [-0.3, -0.25) is 4.79 Å². The number of anilines is 1. The topological polar surface area (TPSA) is 62.1 Å². The van der Waals surface area contributed by atoms with Crippen molar-refractivity contribution in [2.24, 2.45) is 0 Å². The van der Waals surface area contributed by atoms with Crippen molar-refractivity contribution in [1.82, 2.24) is 0 Å². The Hall–Kier alpha value is -2.45. The van der Waals surface area contributed by atoms with Crippen LogP contribution in [0, 0.1) is 11.3 Å². The lowest BCUT2D eigenvalue weighted by atomic mass is 10.2. The van der Waals surface area contributed by atoms with Crippen molar-refractivity contribution in [1.29, 1.82) is 5.26 Å². The molecule has 0 atom stereocenters. The molecule has 1 amide bonds. The van der Waals surface area contributed by atoms with E-state index in [-0.39, 0.29) is 5.91 Å².